The first-order valence-corrected chi connectivity index (χ1v) is 8.59. The minimum Gasteiger partial charge on any atom is -0.451 e. The number of hydrogen-bond donors (Lipinski definition) is 0. The summed E-state index contributed by atoms with van der Waals surface area (Å²) >= 11 is 0. The van der Waals surface area contributed by atoms with Crippen molar-refractivity contribution in [3.63, 3.8) is 0 Å². The van der Waals surface area contributed by atoms with Gasteiger partial charge in [-0.25, -0.2) is 9.37 Å². The molecule has 0 saturated carbocycles. The Bertz CT molecular complexity index is 1110. The zero-order valence-electron chi connectivity index (χ0n) is 14.7. The first-order valence-electron chi connectivity index (χ1n) is 8.59. The second kappa shape index (κ2) is 7.03. The van der Waals surface area contributed by atoms with Gasteiger partial charge in [0.05, 0.1) is 6.54 Å². The number of nitrogens with zero attached hydrogens (tertiary/aromatic N) is 2. The molecule has 0 aliphatic rings. The molecule has 0 spiro atoms. The molecule has 0 atom stereocenters. The Morgan fingerprint density at radius 3 is 2.52 bits per heavy atom. The molecule has 0 aliphatic heterocycles. The van der Waals surface area contributed by atoms with E-state index in [2.05, 4.69) is 4.98 Å². The summed E-state index contributed by atoms with van der Waals surface area (Å²) in [5.41, 5.74) is 1.81. The highest BCUT2D eigenvalue weighted by molar-refractivity contribution is 6.07. The fourth-order valence-electron chi connectivity index (χ4n) is 3.07. The molecule has 5 heteroatoms. The predicted molar refractivity (Wildman–Crippen MR) is 102 cm³/mol. The number of amides is 1. The van der Waals surface area contributed by atoms with Gasteiger partial charge in [-0.05, 0) is 31.2 Å². The van der Waals surface area contributed by atoms with E-state index in [1.165, 1.54) is 11.0 Å². The van der Waals surface area contributed by atoms with Crippen molar-refractivity contribution in [3.8, 4) is 0 Å². The molecule has 0 radical (unpaired) electrons. The van der Waals surface area contributed by atoms with E-state index in [0.717, 1.165) is 10.9 Å². The molecule has 0 bridgehead atoms. The van der Waals surface area contributed by atoms with Crippen LogP contribution in [0.3, 0.4) is 0 Å². The van der Waals surface area contributed by atoms with E-state index in [1.807, 2.05) is 31.2 Å². The maximum absolute atomic E-state index is 14.2. The Balaban J connectivity index is 1.79. The van der Waals surface area contributed by atoms with Gasteiger partial charge in [0.15, 0.2) is 5.76 Å². The van der Waals surface area contributed by atoms with Gasteiger partial charge in [-0.1, -0.05) is 42.5 Å². The van der Waals surface area contributed by atoms with Crippen LogP contribution in [0.5, 0.6) is 0 Å². The van der Waals surface area contributed by atoms with Crippen LogP contribution in [-0.4, -0.2) is 10.9 Å². The molecule has 27 heavy (non-hydrogen) atoms. The average molecular weight is 360 g/mol. The number of halogens is 1. The van der Waals surface area contributed by atoms with Crippen molar-refractivity contribution < 1.29 is 13.6 Å². The maximum atomic E-state index is 14.2. The number of benzene rings is 2. The molecular formula is C22H17FN2O2. The van der Waals surface area contributed by atoms with Gasteiger partial charge >= 0.3 is 0 Å². The van der Waals surface area contributed by atoms with E-state index >= 15 is 0 Å². The van der Waals surface area contributed by atoms with Crippen LogP contribution in [0, 0.1) is 12.7 Å². The molecule has 2 aromatic heterocycles. The van der Waals surface area contributed by atoms with Crippen LogP contribution >= 0.6 is 0 Å². The van der Waals surface area contributed by atoms with Crippen molar-refractivity contribution in [1.29, 1.82) is 0 Å². The number of aryl methyl sites for hydroxylation is 1. The first kappa shape index (κ1) is 17.0. The van der Waals surface area contributed by atoms with Crippen LogP contribution in [0.1, 0.15) is 21.7 Å². The minimum atomic E-state index is -0.368. The highest BCUT2D eigenvalue weighted by Crippen LogP contribution is 2.28. The summed E-state index contributed by atoms with van der Waals surface area (Å²) in [6, 6.07) is 19.2. The topological polar surface area (TPSA) is 46.3 Å². The third kappa shape index (κ3) is 3.19. The molecule has 0 unspecified atom stereocenters. The molecule has 0 fully saturated rings. The summed E-state index contributed by atoms with van der Waals surface area (Å²) in [6.07, 6.45) is 1.60. The quantitative estimate of drug-likeness (QED) is 0.507. The first-order chi connectivity index (χ1) is 13.1. The summed E-state index contributed by atoms with van der Waals surface area (Å²) in [7, 11) is 0. The largest absolute Gasteiger partial charge is 0.451 e. The van der Waals surface area contributed by atoms with Crippen LogP contribution in [-0.2, 0) is 6.54 Å². The van der Waals surface area contributed by atoms with Gasteiger partial charge in [-0.2, -0.15) is 0 Å². The molecular weight excluding hydrogens is 343 g/mol. The zero-order chi connectivity index (χ0) is 18.8. The molecule has 2 heterocycles. The van der Waals surface area contributed by atoms with E-state index in [9.17, 15) is 9.18 Å². The molecule has 134 valence electrons. The molecule has 2 aromatic carbocycles. The fourth-order valence-corrected chi connectivity index (χ4v) is 3.07. The third-order valence-electron chi connectivity index (χ3n) is 4.50. The summed E-state index contributed by atoms with van der Waals surface area (Å²) in [6.45, 7) is 1.90. The van der Waals surface area contributed by atoms with Crippen molar-refractivity contribution in [2.45, 2.75) is 13.5 Å². The number of carbonyl (C=O) groups is 1. The number of aromatic nitrogens is 1. The molecule has 4 aromatic rings. The molecule has 4 rings (SSSR count). The number of fused-ring (bicyclic) bond motifs is 1. The average Bonchev–Trinajstić information content (AvgIpc) is 3.04. The second-order valence-electron chi connectivity index (χ2n) is 6.22. The lowest BCUT2D eigenvalue weighted by Gasteiger charge is -2.21. The lowest BCUT2D eigenvalue weighted by molar-refractivity contribution is 0.0958. The maximum Gasteiger partial charge on any atom is 0.295 e. The van der Waals surface area contributed by atoms with Gasteiger partial charge in [-0.3, -0.25) is 9.69 Å². The van der Waals surface area contributed by atoms with Gasteiger partial charge in [0, 0.05) is 22.7 Å². The Labute approximate surface area is 155 Å². The molecule has 4 nitrogen and oxygen atoms in total. The number of rotatable bonds is 4. The number of carbonyl (C=O) groups excluding carboxylic acids is 1. The predicted octanol–water partition coefficient (Wildman–Crippen LogP) is 5.12. The number of pyridine rings is 1. The lowest BCUT2D eigenvalue weighted by atomic mass is 10.1. The van der Waals surface area contributed by atoms with Gasteiger partial charge in [0.25, 0.3) is 5.91 Å². The number of para-hydroxylation sites is 1. The summed E-state index contributed by atoms with van der Waals surface area (Å²) in [5, 5.41) is 0.882. The number of hydrogen-bond acceptors (Lipinski definition) is 3. The van der Waals surface area contributed by atoms with E-state index in [0.29, 0.717) is 17.0 Å². The summed E-state index contributed by atoms with van der Waals surface area (Å²) < 4.78 is 20.0. The fraction of sp³-hybridized carbons (Fsp3) is 0.0909. The Morgan fingerprint density at radius 2 is 1.78 bits per heavy atom. The molecule has 0 N–H and O–H groups in total. The van der Waals surface area contributed by atoms with Crippen molar-refractivity contribution >= 4 is 22.7 Å². The smallest absolute Gasteiger partial charge is 0.295 e. The normalized spacial score (nSPS) is 10.9. The molecule has 1 amide bonds. The highest BCUT2D eigenvalue weighted by atomic mass is 19.1. The van der Waals surface area contributed by atoms with Crippen molar-refractivity contribution in [2.24, 2.45) is 0 Å². The summed E-state index contributed by atoms with van der Waals surface area (Å²) in [4.78, 5) is 19.0. The Hall–Kier alpha value is -3.47. The van der Waals surface area contributed by atoms with E-state index in [4.69, 9.17) is 4.42 Å². The van der Waals surface area contributed by atoms with Crippen molar-refractivity contribution in [2.75, 3.05) is 4.90 Å². The Kier molecular flexibility index (Phi) is 4.42. The Morgan fingerprint density at radius 1 is 1.04 bits per heavy atom. The van der Waals surface area contributed by atoms with Gasteiger partial charge < -0.3 is 4.42 Å². The standard InChI is InChI=1S/C22H17FN2O2/c1-15-17-9-3-5-11-19(17)27-21(15)22(26)25(20-12-6-7-13-24-20)14-16-8-2-4-10-18(16)23/h2-13H,14H2,1H3. The minimum absolute atomic E-state index is 0.0546. The third-order valence-corrected chi connectivity index (χ3v) is 4.50. The number of anilines is 1. The SMILES string of the molecule is Cc1c(C(=O)N(Cc2ccccc2F)c2ccccn2)oc2ccccc12. The second-order valence-corrected chi connectivity index (χ2v) is 6.22. The van der Waals surface area contributed by atoms with Crippen LogP contribution in [0.2, 0.25) is 0 Å². The van der Waals surface area contributed by atoms with E-state index < -0.39 is 0 Å². The molecule has 0 aliphatic carbocycles. The van der Waals surface area contributed by atoms with Gasteiger partial charge in [-0.15, -0.1) is 0 Å². The monoisotopic (exact) mass is 360 g/mol. The van der Waals surface area contributed by atoms with Crippen LogP contribution < -0.4 is 4.90 Å². The molecule has 0 saturated heterocycles. The van der Waals surface area contributed by atoms with Gasteiger partial charge in [0.1, 0.15) is 17.2 Å². The van der Waals surface area contributed by atoms with Crippen LogP contribution in [0.4, 0.5) is 10.2 Å². The van der Waals surface area contributed by atoms with E-state index in [1.54, 1.807) is 42.6 Å². The number of furan rings is 1. The van der Waals surface area contributed by atoms with Crippen LogP contribution in [0.15, 0.2) is 77.3 Å². The van der Waals surface area contributed by atoms with Gasteiger partial charge in [0.2, 0.25) is 0 Å². The lowest BCUT2D eigenvalue weighted by Crippen LogP contribution is -2.31. The van der Waals surface area contributed by atoms with Crippen molar-refractivity contribution in [1.82, 2.24) is 4.98 Å². The highest BCUT2D eigenvalue weighted by Gasteiger charge is 2.26. The zero-order valence-corrected chi connectivity index (χ0v) is 14.7. The van der Waals surface area contributed by atoms with Crippen molar-refractivity contribution in [3.05, 3.63) is 95.6 Å². The van der Waals surface area contributed by atoms with E-state index in [-0.39, 0.29) is 24.0 Å². The summed E-state index contributed by atoms with van der Waals surface area (Å²) in [5.74, 6) is -0.0537. The van der Waals surface area contributed by atoms with Crippen LogP contribution in [0.25, 0.3) is 11.0 Å².